The molecule has 1 N–H and O–H groups in total. The molecule has 1 aromatic heterocycles. The number of nitrogens with zero attached hydrogens (tertiary/aromatic N) is 1. The zero-order valence-corrected chi connectivity index (χ0v) is 13.7. The van der Waals surface area contributed by atoms with Gasteiger partial charge in [0.25, 0.3) is 0 Å². The summed E-state index contributed by atoms with van der Waals surface area (Å²) in [7, 11) is 1.59. The molecule has 5 heteroatoms. The summed E-state index contributed by atoms with van der Waals surface area (Å²) in [4.78, 5) is 15.7. The monoisotopic (exact) mass is 328 g/mol. The van der Waals surface area contributed by atoms with Crippen LogP contribution >= 0.6 is 0 Å². The number of amides is 1. The van der Waals surface area contributed by atoms with Crippen molar-refractivity contribution in [1.29, 1.82) is 0 Å². The van der Waals surface area contributed by atoms with E-state index in [1.165, 1.54) is 11.6 Å². The molecule has 126 valence electrons. The fourth-order valence-electron chi connectivity index (χ4n) is 4.62. The average molecular weight is 328 g/mol. The van der Waals surface area contributed by atoms with Gasteiger partial charge in [0, 0.05) is 18.6 Å². The summed E-state index contributed by atoms with van der Waals surface area (Å²) < 4.78 is 19.1. The van der Waals surface area contributed by atoms with Gasteiger partial charge in [-0.15, -0.1) is 0 Å². The highest BCUT2D eigenvalue weighted by Crippen LogP contribution is 2.52. The third-order valence-electron chi connectivity index (χ3n) is 5.63. The third kappa shape index (κ3) is 2.72. The van der Waals surface area contributed by atoms with Gasteiger partial charge in [0.1, 0.15) is 11.9 Å². The lowest BCUT2D eigenvalue weighted by Gasteiger charge is -2.17. The molecule has 0 saturated heterocycles. The van der Waals surface area contributed by atoms with Crippen molar-refractivity contribution in [3.05, 3.63) is 41.8 Å². The summed E-state index contributed by atoms with van der Waals surface area (Å²) >= 11 is 0. The van der Waals surface area contributed by atoms with Crippen molar-refractivity contribution in [2.75, 3.05) is 7.05 Å². The first kappa shape index (κ1) is 15.4. The smallest absolute Gasteiger partial charge is 0.407 e. The summed E-state index contributed by atoms with van der Waals surface area (Å²) in [5.74, 6) is 1.39. The van der Waals surface area contributed by atoms with E-state index in [4.69, 9.17) is 4.74 Å². The zero-order chi connectivity index (χ0) is 16.7. The number of hydrogen-bond donors (Lipinski definition) is 1. The van der Waals surface area contributed by atoms with E-state index in [0.717, 1.165) is 36.6 Å². The highest BCUT2D eigenvalue weighted by atomic mass is 19.1. The van der Waals surface area contributed by atoms with E-state index < -0.39 is 0 Å². The van der Waals surface area contributed by atoms with Crippen molar-refractivity contribution < 1.29 is 13.9 Å². The number of pyridine rings is 1. The molecule has 0 aliphatic heterocycles. The predicted octanol–water partition coefficient (Wildman–Crippen LogP) is 4.00. The molecule has 0 unspecified atom stereocenters. The van der Waals surface area contributed by atoms with Gasteiger partial charge in [0.05, 0.1) is 5.52 Å². The van der Waals surface area contributed by atoms with Gasteiger partial charge in [-0.05, 0) is 73.3 Å². The van der Waals surface area contributed by atoms with E-state index in [1.807, 2.05) is 12.3 Å². The number of rotatable bonds is 2. The quantitative estimate of drug-likeness (QED) is 0.906. The maximum absolute atomic E-state index is 13.7. The van der Waals surface area contributed by atoms with Crippen LogP contribution in [0.15, 0.2) is 30.5 Å². The molecular weight excluding hydrogens is 307 g/mol. The summed E-state index contributed by atoms with van der Waals surface area (Å²) in [5, 5.41) is 3.45. The molecule has 0 bridgehead atoms. The number of hydrogen-bond acceptors (Lipinski definition) is 3. The fraction of sp³-hybridized carbons (Fsp3) is 0.474. The van der Waals surface area contributed by atoms with Crippen molar-refractivity contribution >= 4 is 17.0 Å². The highest BCUT2D eigenvalue weighted by molar-refractivity contribution is 5.82. The highest BCUT2D eigenvalue weighted by Gasteiger charge is 2.43. The lowest BCUT2D eigenvalue weighted by Crippen LogP contribution is -2.24. The molecule has 2 saturated carbocycles. The van der Waals surface area contributed by atoms with Crippen molar-refractivity contribution in [3.8, 4) is 0 Å². The van der Waals surface area contributed by atoms with E-state index in [0.29, 0.717) is 17.8 Å². The maximum Gasteiger partial charge on any atom is 0.407 e. The molecule has 4 nitrogen and oxygen atoms in total. The molecule has 24 heavy (non-hydrogen) atoms. The number of aromatic nitrogens is 1. The Labute approximate surface area is 140 Å². The molecule has 2 aromatic rings. The van der Waals surface area contributed by atoms with E-state index in [-0.39, 0.29) is 18.0 Å². The summed E-state index contributed by atoms with van der Waals surface area (Å²) in [6, 6.07) is 6.84. The topological polar surface area (TPSA) is 51.2 Å². The zero-order valence-electron chi connectivity index (χ0n) is 13.7. The van der Waals surface area contributed by atoms with Gasteiger partial charge in [0.2, 0.25) is 0 Å². The van der Waals surface area contributed by atoms with Gasteiger partial charge in [-0.1, -0.05) is 0 Å². The molecule has 2 aliphatic rings. The Morgan fingerprint density at radius 2 is 1.96 bits per heavy atom. The van der Waals surface area contributed by atoms with Crippen molar-refractivity contribution in [2.45, 2.75) is 37.7 Å². The van der Waals surface area contributed by atoms with Crippen molar-refractivity contribution in [3.63, 3.8) is 0 Å². The molecule has 0 spiro atoms. The maximum atomic E-state index is 13.7. The second kappa shape index (κ2) is 6.04. The van der Waals surface area contributed by atoms with Gasteiger partial charge in [0.15, 0.2) is 0 Å². The first-order valence-corrected chi connectivity index (χ1v) is 8.56. The van der Waals surface area contributed by atoms with Crippen LogP contribution in [-0.4, -0.2) is 24.2 Å². The van der Waals surface area contributed by atoms with E-state index in [2.05, 4.69) is 10.3 Å². The Kier molecular flexibility index (Phi) is 3.87. The van der Waals surface area contributed by atoms with Gasteiger partial charge < -0.3 is 10.1 Å². The molecular formula is C19H21FN2O2. The van der Waals surface area contributed by atoms with Crippen LogP contribution in [0.1, 0.15) is 37.2 Å². The number of halogens is 1. The number of ether oxygens (including phenoxy) is 1. The van der Waals surface area contributed by atoms with Crippen LogP contribution in [0.3, 0.4) is 0 Å². The van der Waals surface area contributed by atoms with E-state index >= 15 is 0 Å². The molecule has 4 rings (SSSR count). The Morgan fingerprint density at radius 3 is 2.67 bits per heavy atom. The van der Waals surface area contributed by atoms with E-state index in [9.17, 15) is 9.18 Å². The van der Waals surface area contributed by atoms with Gasteiger partial charge in [-0.25, -0.2) is 9.18 Å². The molecule has 2 fully saturated rings. The lowest BCUT2D eigenvalue weighted by molar-refractivity contribution is 0.0977. The number of alkyl carbamates (subject to hydrolysis) is 1. The Bertz CT molecular complexity index is 765. The minimum Gasteiger partial charge on any atom is -0.446 e. The first-order valence-electron chi connectivity index (χ1n) is 8.56. The third-order valence-corrected chi connectivity index (χ3v) is 5.63. The van der Waals surface area contributed by atoms with Crippen molar-refractivity contribution in [1.82, 2.24) is 10.3 Å². The summed E-state index contributed by atoms with van der Waals surface area (Å²) in [5.41, 5.74) is 2.06. The normalized spacial score (nSPS) is 28.8. The van der Waals surface area contributed by atoms with E-state index in [1.54, 1.807) is 19.2 Å². The standard InChI is InChI=1S/C19H21FN2O2/c1-21-19(23)24-15-8-11-6-13(7-12(11)9-15)16-4-5-22-18-3-2-14(20)10-17(16)18/h2-5,10-13,15H,6-9H2,1H3,(H,21,23)/t11-,12+,13-,15+. The van der Waals surface area contributed by atoms with Crippen LogP contribution < -0.4 is 5.32 Å². The summed E-state index contributed by atoms with van der Waals surface area (Å²) in [6.07, 6.45) is 5.54. The van der Waals surface area contributed by atoms with Crippen LogP contribution in [0.5, 0.6) is 0 Å². The van der Waals surface area contributed by atoms with Crippen LogP contribution in [-0.2, 0) is 4.74 Å². The SMILES string of the molecule is CNC(=O)O[C@@H]1C[C@@H]2C[C@H](c3ccnc4ccc(F)cc34)C[C@@H]2C1. The van der Waals surface area contributed by atoms with Gasteiger partial charge >= 0.3 is 6.09 Å². The Hall–Kier alpha value is -2.17. The first-order chi connectivity index (χ1) is 11.6. The predicted molar refractivity (Wildman–Crippen MR) is 89.2 cm³/mol. The van der Waals surface area contributed by atoms with Crippen LogP contribution in [0.2, 0.25) is 0 Å². The number of benzene rings is 1. The molecule has 0 radical (unpaired) electrons. The van der Waals surface area contributed by atoms with Crippen LogP contribution in [0.25, 0.3) is 10.9 Å². The number of fused-ring (bicyclic) bond motifs is 2. The fourth-order valence-corrected chi connectivity index (χ4v) is 4.62. The molecule has 1 heterocycles. The lowest BCUT2D eigenvalue weighted by atomic mass is 9.92. The number of carbonyl (C=O) groups is 1. The van der Waals surface area contributed by atoms with Crippen molar-refractivity contribution in [2.24, 2.45) is 11.8 Å². The molecule has 2 aliphatic carbocycles. The molecule has 1 aromatic carbocycles. The Morgan fingerprint density at radius 1 is 1.21 bits per heavy atom. The molecule has 1 amide bonds. The van der Waals surface area contributed by atoms with Gasteiger partial charge in [-0.3, -0.25) is 4.98 Å². The minimum absolute atomic E-state index is 0.0347. The number of carbonyl (C=O) groups excluding carboxylic acids is 1. The average Bonchev–Trinajstić information content (AvgIpc) is 3.12. The van der Waals surface area contributed by atoms with Gasteiger partial charge in [-0.2, -0.15) is 0 Å². The molecule has 4 atom stereocenters. The van der Waals surface area contributed by atoms with Crippen LogP contribution in [0.4, 0.5) is 9.18 Å². The summed E-state index contributed by atoms with van der Waals surface area (Å²) in [6.45, 7) is 0. The Balaban J connectivity index is 1.52. The van der Waals surface area contributed by atoms with Crippen LogP contribution in [0, 0.1) is 17.7 Å². The largest absolute Gasteiger partial charge is 0.446 e. The minimum atomic E-state index is -0.341. The second-order valence-electron chi connectivity index (χ2n) is 7.00. The second-order valence-corrected chi connectivity index (χ2v) is 7.00. The number of nitrogens with one attached hydrogen (secondary N) is 1.